The number of nitrogens with zero attached hydrogens (tertiary/aromatic N) is 3. The van der Waals surface area contributed by atoms with E-state index in [-0.39, 0.29) is 18.0 Å². The number of halogens is 1. The Kier molecular flexibility index (Phi) is 6.42. The maximum Gasteiger partial charge on any atom is 0.356 e. The fourth-order valence-electron chi connectivity index (χ4n) is 3.81. The van der Waals surface area contributed by atoms with Crippen LogP contribution in [-0.2, 0) is 4.74 Å². The molecule has 0 spiro atoms. The molecule has 2 atom stereocenters. The number of pyridine rings is 1. The molecule has 1 aromatic carbocycles. The van der Waals surface area contributed by atoms with Crippen LogP contribution in [0.3, 0.4) is 0 Å². The van der Waals surface area contributed by atoms with Crippen molar-refractivity contribution in [3.63, 3.8) is 0 Å². The van der Waals surface area contributed by atoms with Crippen molar-refractivity contribution < 1.29 is 14.3 Å². The fraction of sp³-hybridized carbons (Fsp3) is 0.409. The largest absolute Gasteiger partial charge is 0.464 e. The van der Waals surface area contributed by atoms with Gasteiger partial charge in [-0.25, -0.2) is 9.78 Å². The number of carbonyl (C=O) groups excluding carboxylic acids is 2. The first kappa shape index (κ1) is 21.1. The van der Waals surface area contributed by atoms with Crippen LogP contribution >= 0.6 is 11.6 Å². The predicted octanol–water partition coefficient (Wildman–Crippen LogP) is 3.96. The minimum Gasteiger partial charge on any atom is -0.464 e. The van der Waals surface area contributed by atoms with Gasteiger partial charge in [0.15, 0.2) is 0 Å². The van der Waals surface area contributed by atoms with Gasteiger partial charge in [-0.15, -0.1) is 0 Å². The quantitative estimate of drug-likeness (QED) is 0.707. The summed E-state index contributed by atoms with van der Waals surface area (Å²) in [4.78, 5) is 33.5. The second-order valence-electron chi connectivity index (χ2n) is 7.32. The van der Waals surface area contributed by atoms with Crippen molar-refractivity contribution in [2.45, 2.75) is 39.3 Å². The lowest BCUT2D eigenvalue weighted by Crippen LogP contribution is -2.59. The number of aromatic nitrogens is 1. The van der Waals surface area contributed by atoms with E-state index in [2.05, 4.69) is 23.7 Å². The molecule has 1 aliphatic rings. The summed E-state index contributed by atoms with van der Waals surface area (Å²) in [5, 5.41) is 0.616. The van der Waals surface area contributed by atoms with E-state index in [1.165, 1.54) is 7.11 Å². The molecule has 1 aromatic heterocycles. The number of carbonyl (C=O) groups is 2. The first-order chi connectivity index (χ1) is 13.8. The summed E-state index contributed by atoms with van der Waals surface area (Å²) in [5.41, 5.74) is 2.69. The molecule has 1 saturated heterocycles. The summed E-state index contributed by atoms with van der Waals surface area (Å²) >= 11 is 5.96. The number of esters is 1. The molecule has 0 saturated carbocycles. The standard InChI is InChI=1S/C22H26ClN3O3/c1-5-18-13-25(20-11-10-19(22(28)29-4)24-15(20)3)14(2)12-26(18)21(27)16-6-8-17(23)9-7-16/h6-11,14,18H,5,12-13H2,1-4H3/t14-,18+/m1/s1. The highest BCUT2D eigenvalue weighted by molar-refractivity contribution is 6.30. The van der Waals surface area contributed by atoms with Gasteiger partial charge in [0.1, 0.15) is 5.69 Å². The van der Waals surface area contributed by atoms with Crippen molar-refractivity contribution in [2.24, 2.45) is 0 Å². The maximum atomic E-state index is 13.1. The van der Waals surface area contributed by atoms with Crippen LogP contribution in [0.1, 0.15) is 46.8 Å². The van der Waals surface area contributed by atoms with Crippen molar-refractivity contribution in [1.29, 1.82) is 0 Å². The average Bonchev–Trinajstić information content (AvgIpc) is 2.73. The first-order valence-corrected chi connectivity index (χ1v) is 10.1. The zero-order valence-corrected chi connectivity index (χ0v) is 17.9. The average molecular weight is 416 g/mol. The van der Waals surface area contributed by atoms with Crippen molar-refractivity contribution in [3.8, 4) is 0 Å². The van der Waals surface area contributed by atoms with Gasteiger partial charge >= 0.3 is 5.97 Å². The number of piperazine rings is 1. The van der Waals surface area contributed by atoms with Gasteiger partial charge < -0.3 is 14.5 Å². The number of methoxy groups -OCH3 is 1. The summed E-state index contributed by atoms with van der Waals surface area (Å²) < 4.78 is 4.75. The van der Waals surface area contributed by atoms with Crippen LogP contribution in [0.4, 0.5) is 5.69 Å². The van der Waals surface area contributed by atoms with Crippen LogP contribution in [-0.4, -0.2) is 54.0 Å². The molecular weight excluding hydrogens is 390 g/mol. The van der Waals surface area contributed by atoms with E-state index in [1.807, 2.05) is 17.9 Å². The topological polar surface area (TPSA) is 62.7 Å². The van der Waals surface area contributed by atoms with Crippen molar-refractivity contribution in [3.05, 3.63) is 58.4 Å². The number of ether oxygens (including phenoxy) is 1. The lowest BCUT2D eigenvalue weighted by Gasteiger charge is -2.46. The van der Waals surface area contributed by atoms with Crippen LogP contribution < -0.4 is 4.90 Å². The number of hydrogen-bond donors (Lipinski definition) is 0. The number of rotatable bonds is 4. The molecule has 2 heterocycles. The molecule has 2 aromatic rings. The van der Waals surface area contributed by atoms with Gasteiger partial charge in [-0.05, 0) is 56.7 Å². The third kappa shape index (κ3) is 4.37. The Morgan fingerprint density at radius 1 is 1.17 bits per heavy atom. The van der Waals surface area contributed by atoms with E-state index < -0.39 is 5.97 Å². The maximum absolute atomic E-state index is 13.1. The van der Waals surface area contributed by atoms with Gasteiger partial charge in [0.05, 0.1) is 18.5 Å². The second-order valence-corrected chi connectivity index (χ2v) is 7.76. The third-order valence-electron chi connectivity index (χ3n) is 5.43. The van der Waals surface area contributed by atoms with Gasteiger partial charge in [0.2, 0.25) is 0 Å². The minimum absolute atomic E-state index is 0.0240. The van der Waals surface area contributed by atoms with Gasteiger partial charge in [-0.3, -0.25) is 4.79 Å². The normalized spacial score (nSPS) is 19.2. The summed E-state index contributed by atoms with van der Waals surface area (Å²) in [6.45, 7) is 7.39. The molecule has 3 rings (SSSR count). The van der Waals surface area contributed by atoms with Gasteiger partial charge in [-0.2, -0.15) is 0 Å². The Balaban J connectivity index is 1.83. The Morgan fingerprint density at radius 3 is 2.45 bits per heavy atom. The monoisotopic (exact) mass is 415 g/mol. The SMILES string of the molecule is CC[C@H]1CN(c2ccc(C(=O)OC)nc2C)[C@H](C)CN1C(=O)c1ccc(Cl)cc1. The smallest absolute Gasteiger partial charge is 0.356 e. The van der Waals surface area contributed by atoms with Crippen molar-refractivity contribution >= 4 is 29.2 Å². The fourth-order valence-corrected chi connectivity index (χ4v) is 3.93. The highest BCUT2D eigenvalue weighted by Gasteiger charge is 2.34. The molecule has 1 fully saturated rings. The van der Waals surface area contributed by atoms with E-state index in [4.69, 9.17) is 16.3 Å². The van der Waals surface area contributed by atoms with E-state index in [9.17, 15) is 9.59 Å². The molecular formula is C22H26ClN3O3. The molecule has 0 radical (unpaired) electrons. The Bertz CT molecular complexity index is 901. The molecule has 154 valence electrons. The minimum atomic E-state index is -0.447. The van der Waals surface area contributed by atoms with Crippen molar-refractivity contribution in [2.75, 3.05) is 25.1 Å². The van der Waals surface area contributed by atoms with Crippen LogP contribution in [0.2, 0.25) is 5.02 Å². The molecule has 7 heteroatoms. The van der Waals surface area contributed by atoms with E-state index in [0.717, 1.165) is 17.8 Å². The summed E-state index contributed by atoms with van der Waals surface area (Å²) in [7, 11) is 1.35. The highest BCUT2D eigenvalue weighted by atomic mass is 35.5. The van der Waals surface area contributed by atoms with E-state index in [0.29, 0.717) is 29.4 Å². The summed E-state index contributed by atoms with van der Waals surface area (Å²) in [6.07, 6.45) is 0.843. The highest BCUT2D eigenvalue weighted by Crippen LogP contribution is 2.28. The number of hydrogen-bond acceptors (Lipinski definition) is 5. The molecule has 29 heavy (non-hydrogen) atoms. The predicted molar refractivity (Wildman–Crippen MR) is 114 cm³/mol. The second kappa shape index (κ2) is 8.82. The zero-order chi connectivity index (χ0) is 21.1. The lowest BCUT2D eigenvalue weighted by atomic mass is 10.0. The molecule has 0 N–H and O–H groups in total. The van der Waals surface area contributed by atoms with Crippen LogP contribution in [0.5, 0.6) is 0 Å². The number of aryl methyl sites for hydroxylation is 1. The Morgan fingerprint density at radius 2 is 1.86 bits per heavy atom. The van der Waals surface area contributed by atoms with Gasteiger partial charge in [-0.1, -0.05) is 18.5 Å². The van der Waals surface area contributed by atoms with Crippen molar-refractivity contribution in [1.82, 2.24) is 9.88 Å². The van der Waals surface area contributed by atoms with Gasteiger partial charge in [0, 0.05) is 35.8 Å². The van der Waals surface area contributed by atoms with Crippen LogP contribution in [0, 0.1) is 6.92 Å². The molecule has 0 bridgehead atoms. The molecule has 1 amide bonds. The zero-order valence-electron chi connectivity index (χ0n) is 17.2. The Labute approximate surface area is 176 Å². The molecule has 0 unspecified atom stereocenters. The van der Waals surface area contributed by atoms with Gasteiger partial charge in [0.25, 0.3) is 5.91 Å². The lowest BCUT2D eigenvalue weighted by molar-refractivity contribution is 0.0590. The third-order valence-corrected chi connectivity index (χ3v) is 5.68. The molecule has 0 aliphatic carbocycles. The van der Waals surface area contributed by atoms with Crippen LogP contribution in [0.15, 0.2) is 36.4 Å². The number of anilines is 1. The molecule has 1 aliphatic heterocycles. The first-order valence-electron chi connectivity index (χ1n) is 9.74. The number of benzene rings is 1. The molecule has 6 nitrogen and oxygen atoms in total. The van der Waals surface area contributed by atoms with Crippen LogP contribution in [0.25, 0.3) is 0 Å². The summed E-state index contributed by atoms with van der Waals surface area (Å²) in [6, 6.07) is 10.8. The summed E-state index contributed by atoms with van der Waals surface area (Å²) in [5.74, 6) is -0.423. The Hall–Kier alpha value is -2.60. The van der Waals surface area contributed by atoms with E-state index >= 15 is 0 Å². The number of amides is 1. The van der Waals surface area contributed by atoms with E-state index in [1.54, 1.807) is 30.3 Å².